The predicted molar refractivity (Wildman–Crippen MR) is 71.4 cm³/mol. The first kappa shape index (κ1) is 11.4. The lowest BCUT2D eigenvalue weighted by atomic mass is 10.1. The average molecular weight is 275 g/mol. The highest BCUT2D eigenvalue weighted by Crippen LogP contribution is 2.26. The van der Waals surface area contributed by atoms with Crippen LogP contribution in [0.1, 0.15) is 5.76 Å². The number of benzene rings is 1. The molecule has 0 atom stereocenters. The fourth-order valence-corrected chi connectivity index (χ4v) is 2.85. The number of thioether (sulfide) groups is 1. The third kappa shape index (κ3) is 2.60. The Morgan fingerprint density at radius 1 is 1.22 bits per heavy atom. The standard InChI is InChI=1S/C12H9N3OS2/c1-2-4-9(5-3-1)11-6-10(16-15-11)7-17-12-14-13-8-18-12/h1-6,8H,7H2. The molecule has 2 aromatic heterocycles. The van der Waals surface area contributed by atoms with Gasteiger partial charge in [-0.05, 0) is 0 Å². The zero-order chi connectivity index (χ0) is 12.2. The highest BCUT2D eigenvalue weighted by atomic mass is 32.2. The Kier molecular flexibility index (Phi) is 3.38. The highest BCUT2D eigenvalue weighted by molar-refractivity contribution is 8.00. The minimum Gasteiger partial charge on any atom is -0.360 e. The largest absolute Gasteiger partial charge is 0.360 e. The van der Waals surface area contributed by atoms with Gasteiger partial charge >= 0.3 is 0 Å². The van der Waals surface area contributed by atoms with Crippen LogP contribution in [-0.4, -0.2) is 15.4 Å². The van der Waals surface area contributed by atoms with Crippen LogP contribution in [-0.2, 0) is 5.75 Å². The fourth-order valence-electron chi connectivity index (χ4n) is 1.48. The summed E-state index contributed by atoms with van der Waals surface area (Å²) in [5.74, 6) is 1.56. The van der Waals surface area contributed by atoms with E-state index in [-0.39, 0.29) is 0 Å². The van der Waals surface area contributed by atoms with E-state index < -0.39 is 0 Å². The molecule has 3 aromatic rings. The van der Waals surface area contributed by atoms with Gasteiger partial charge in [-0.25, -0.2) is 0 Å². The van der Waals surface area contributed by atoms with E-state index in [1.54, 1.807) is 17.3 Å². The Labute approximate surface area is 112 Å². The Bertz CT molecular complexity index is 607. The Morgan fingerprint density at radius 2 is 2.11 bits per heavy atom. The molecule has 90 valence electrons. The van der Waals surface area contributed by atoms with Crippen LogP contribution >= 0.6 is 23.1 Å². The monoisotopic (exact) mass is 275 g/mol. The molecular formula is C12H9N3OS2. The zero-order valence-corrected chi connectivity index (χ0v) is 10.9. The summed E-state index contributed by atoms with van der Waals surface area (Å²) in [6, 6.07) is 11.9. The van der Waals surface area contributed by atoms with Crippen LogP contribution in [0.25, 0.3) is 11.3 Å². The van der Waals surface area contributed by atoms with Crippen molar-refractivity contribution in [2.45, 2.75) is 10.1 Å². The van der Waals surface area contributed by atoms with Crippen molar-refractivity contribution in [3.8, 4) is 11.3 Å². The maximum Gasteiger partial charge on any atom is 0.174 e. The van der Waals surface area contributed by atoms with E-state index in [1.807, 2.05) is 36.4 Å². The summed E-state index contributed by atoms with van der Waals surface area (Å²) in [4.78, 5) is 0. The molecule has 0 aliphatic carbocycles. The van der Waals surface area contributed by atoms with Gasteiger partial charge in [-0.3, -0.25) is 0 Å². The maximum atomic E-state index is 5.30. The van der Waals surface area contributed by atoms with E-state index in [1.165, 1.54) is 11.3 Å². The zero-order valence-electron chi connectivity index (χ0n) is 9.31. The van der Waals surface area contributed by atoms with Crippen LogP contribution in [0.3, 0.4) is 0 Å². The van der Waals surface area contributed by atoms with Gasteiger partial charge < -0.3 is 4.52 Å². The first-order chi connectivity index (χ1) is 8.92. The van der Waals surface area contributed by atoms with E-state index in [0.717, 1.165) is 27.1 Å². The predicted octanol–water partition coefficient (Wildman–Crippen LogP) is 3.49. The molecular weight excluding hydrogens is 266 g/mol. The molecule has 18 heavy (non-hydrogen) atoms. The van der Waals surface area contributed by atoms with Gasteiger partial charge in [0, 0.05) is 11.6 Å². The van der Waals surface area contributed by atoms with Gasteiger partial charge in [0.1, 0.15) is 17.0 Å². The number of rotatable bonds is 4. The van der Waals surface area contributed by atoms with Gasteiger partial charge in [0.05, 0.1) is 5.75 Å². The molecule has 0 saturated carbocycles. The summed E-state index contributed by atoms with van der Waals surface area (Å²) in [5.41, 5.74) is 3.65. The highest BCUT2D eigenvalue weighted by Gasteiger charge is 2.07. The van der Waals surface area contributed by atoms with E-state index in [2.05, 4.69) is 15.4 Å². The van der Waals surface area contributed by atoms with E-state index in [9.17, 15) is 0 Å². The van der Waals surface area contributed by atoms with Gasteiger partial charge in [-0.1, -0.05) is 58.6 Å². The first-order valence-electron chi connectivity index (χ1n) is 5.32. The van der Waals surface area contributed by atoms with Crippen molar-refractivity contribution < 1.29 is 4.52 Å². The van der Waals surface area contributed by atoms with E-state index in [0.29, 0.717) is 0 Å². The molecule has 0 N–H and O–H groups in total. The minimum absolute atomic E-state index is 0.717. The van der Waals surface area contributed by atoms with Crippen molar-refractivity contribution in [3.05, 3.63) is 47.7 Å². The third-order valence-corrected chi connectivity index (χ3v) is 4.19. The summed E-state index contributed by atoms with van der Waals surface area (Å²) in [5, 5.41) is 11.8. The molecule has 6 heteroatoms. The molecule has 0 bridgehead atoms. The van der Waals surface area contributed by atoms with Gasteiger partial charge in [0.25, 0.3) is 0 Å². The molecule has 0 saturated heterocycles. The molecule has 0 fully saturated rings. The minimum atomic E-state index is 0.717. The summed E-state index contributed by atoms with van der Waals surface area (Å²) in [6.45, 7) is 0. The number of aromatic nitrogens is 3. The van der Waals surface area contributed by atoms with Gasteiger partial charge in [-0.15, -0.1) is 10.2 Å². The van der Waals surface area contributed by atoms with Crippen LogP contribution in [0, 0.1) is 0 Å². The van der Waals surface area contributed by atoms with Crippen molar-refractivity contribution in [3.63, 3.8) is 0 Å². The Balaban J connectivity index is 1.70. The lowest BCUT2D eigenvalue weighted by Gasteiger charge is -1.91. The van der Waals surface area contributed by atoms with E-state index in [4.69, 9.17) is 4.52 Å². The van der Waals surface area contributed by atoms with Crippen molar-refractivity contribution in [1.29, 1.82) is 0 Å². The molecule has 0 amide bonds. The quantitative estimate of drug-likeness (QED) is 0.682. The topological polar surface area (TPSA) is 51.8 Å². The molecule has 4 nitrogen and oxygen atoms in total. The van der Waals surface area contributed by atoms with Crippen molar-refractivity contribution >= 4 is 23.1 Å². The molecule has 0 aliphatic heterocycles. The second kappa shape index (κ2) is 5.32. The molecule has 0 spiro atoms. The number of nitrogens with zero attached hydrogens (tertiary/aromatic N) is 3. The second-order valence-corrected chi connectivity index (χ2v) is 5.59. The SMILES string of the molecule is c1ccc(-c2cc(CSc3nncs3)on2)cc1. The summed E-state index contributed by atoms with van der Waals surface area (Å²) >= 11 is 3.12. The van der Waals surface area contributed by atoms with Gasteiger partial charge in [0.2, 0.25) is 0 Å². The van der Waals surface area contributed by atoms with Crippen molar-refractivity contribution in [1.82, 2.24) is 15.4 Å². The van der Waals surface area contributed by atoms with Crippen LogP contribution in [0.5, 0.6) is 0 Å². The summed E-state index contributed by atoms with van der Waals surface area (Å²) in [7, 11) is 0. The van der Waals surface area contributed by atoms with Gasteiger partial charge in [0.15, 0.2) is 4.34 Å². The molecule has 0 radical (unpaired) electrons. The average Bonchev–Trinajstić information content (AvgIpc) is 3.09. The lowest BCUT2D eigenvalue weighted by molar-refractivity contribution is 0.397. The van der Waals surface area contributed by atoms with Crippen LogP contribution in [0.4, 0.5) is 0 Å². The number of hydrogen-bond donors (Lipinski definition) is 0. The molecule has 1 aromatic carbocycles. The second-order valence-electron chi connectivity index (χ2n) is 3.54. The number of hydrogen-bond acceptors (Lipinski definition) is 6. The van der Waals surface area contributed by atoms with Gasteiger partial charge in [-0.2, -0.15) is 0 Å². The van der Waals surface area contributed by atoms with Crippen molar-refractivity contribution in [2.75, 3.05) is 0 Å². The van der Waals surface area contributed by atoms with E-state index >= 15 is 0 Å². The lowest BCUT2D eigenvalue weighted by Crippen LogP contribution is -1.76. The molecule has 0 unspecified atom stereocenters. The molecule has 0 aliphatic rings. The fraction of sp³-hybridized carbons (Fsp3) is 0.0833. The van der Waals surface area contributed by atoms with Crippen LogP contribution in [0.2, 0.25) is 0 Å². The van der Waals surface area contributed by atoms with Crippen LogP contribution < -0.4 is 0 Å². The Hall–Kier alpha value is -1.66. The first-order valence-corrected chi connectivity index (χ1v) is 7.18. The molecule has 2 heterocycles. The normalized spacial score (nSPS) is 10.7. The third-order valence-electron chi connectivity index (χ3n) is 2.31. The summed E-state index contributed by atoms with van der Waals surface area (Å²) in [6.07, 6.45) is 0. The molecule has 3 rings (SSSR count). The smallest absolute Gasteiger partial charge is 0.174 e. The van der Waals surface area contributed by atoms with Crippen LogP contribution in [0.15, 0.2) is 50.8 Å². The Morgan fingerprint density at radius 3 is 2.89 bits per heavy atom. The maximum absolute atomic E-state index is 5.30. The summed E-state index contributed by atoms with van der Waals surface area (Å²) < 4.78 is 6.24. The van der Waals surface area contributed by atoms with Crippen molar-refractivity contribution in [2.24, 2.45) is 0 Å².